The molecule has 1 aromatic carbocycles. The van der Waals surface area contributed by atoms with Gasteiger partial charge in [0.15, 0.2) is 11.5 Å². The Balaban J connectivity index is 2.58. The number of benzene rings is 1. The van der Waals surface area contributed by atoms with Crippen LogP contribution in [0.5, 0.6) is 11.5 Å². The molecule has 0 unspecified atom stereocenters. The molecule has 0 spiro atoms. The van der Waals surface area contributed by atoms with Gasteiger partial charge >= 0.3 is 0 Å². The Labute approximate surface area is 109 Å². The van der Waals surface area contributed by atoms with E-state index in [4.69, 9.17) is 9.47 Å². The van der Waals surface area contributed by atoms with Crippen LogP contribution in [-0.2, 0) is 10.3 Å². The third-order valence-electron chi connectivity index (χ3n) is 3.26. The Bertz CT molecular complexity index is 535. The number of carbonyl (C=O) groups excluding carboxylic acids is 1. The van der Waals surface area contributed by atoms with Crippen LogP contribution in [0.3, 0.4) is 0 Å². The zero-order chi connectivity index (χ0) is 14.0. The number of alkyl halides is 2. The van der Waals surface area contributed by atoms with Gasteiger partial charge in [-0.25, -0.2) is 13.6 Å². The summed E-state index contributed by atoms with van der Waals surface area (Å²) >= 11 is 0. The third kappa shape index (κ3) is 2.31. The SMILES string of the molecule is COc1cc(C2(N=C=O)CC2)cc(C(F)F)c1OC. The number of hydrogen-bond acceptors (Lipinski definition) is 4. The van der Waals surface area contributed by atoms with Crippen LogP contribution in [0.2, 0.25) is 0 Å². The highest BCUT2D eigenvalue weighted by Gasteiger charge is 2.46. The van der Waals surface area contributed by atoms with E-state index in [1.54, 1.807) is 6.07 Å². The lowest BCUT2D eigenvalue weighted by Gasteiger charge is -2.17. The number of rotatable bonds is 5. The molecular weight excluding hydrogens is 256 g/mol. The Morgan fingerprint density at radius 2 is 2.00 bits per heavy atom. The van der Waals surface area contributed by atoms with Gasteiger partial charge in [-0.1, -0.05) is 0 Å². The third-order valence-corrected chi connectivity index (χ3v) is 3.26. The Kier molecular flexibility index (Phi) is 3.53. The number of aliphatic imine (C=N–C) groups is 1. The number of ether oxygens (including phenoxy) is 2. The number of isocyanates is 1. The van der Waals surface area contributed by atoms with Gasteiger partial charge in [-0.3, -0.25) is 0 Å². The first-order valence-electron chi connectivity index (χ1n) is 5.71. The summed E-state index contributed by atoms with van der Waals surface area (Å²) in [4.78, 5) is 14.2. The maximum absolute atomic E-state index is 13.1. The smallest absolute Gasteiger partial charge is 0.267 e. The van der Waals surface area contributed by atoms with E-state index in [-0.39, 0.29) is 17.1 Å². The number of halogens is 2. The molecule has 0 heterocycles. The van der Waals surface area contributed by atoms with Crippen molar-refractivity contribution in [3.05, 3.63) is 23.3 Å². The summed E-state index contributed by atoms with van der Waals surface area (Å²) in [6.07, 6.45) is 0.0831. The predicted molar refractivity (Wildman–Crippen MR) is 63.5 cm³/mol. The van der Waals surface area contributed by atoms with Gasteiger partial charge in [0.2, 0.25) is 6.08 Å². The van der Waals surface area contributed by atoms with Crippen molar-refractivity contribution in [3.8, 4) is 11.5 Å². The first-order valence-corrected chi connectivity index (χ1v) is 5.71. The molecule has 0 amide bonds. The molecule has 1 aliphatic carbocycles. The summed E-state index contributed by atoms with van der Waals surface area (Å²) in [6.45, 7) is 0. The van der Waals surface area contributed by atoms with Crippen LogP contribution >= 0.6 is 0 Å². The molecule has 1 fully saturated rings. The van der Waals surface area contributed by atoms with E-state index in [1.165, 1.54) is 26.4 Å². The van der Waals surface area contributed by atoms with Crippen LogP contribution in [0.1, 0.15) is 30.4 Å². The second kappa shape index (κ2) is 4.97. The van der Waals surface area contributed by atoms with E-state index in [9.17, 15) is 13.6 Å². The van der Waals surface area contributed by atoms with Crippen molar-refractivity contribution < 1.29 is 23.0 Å². The molecule has 0 atom stereocenters. The number of hydrogen-bond donors (Lipinski definition) is 0. The van der Waals surface area contributed by atoms with Crippen molar-refractivity contribution in [3.63, 3.8) is 0 Å². The molecule has 6 heteroatoms. The van der Waals surface area contributed by atoms with Gasteiger partial charge in [0.25, 0.3) is 6.43 Å². The van der Waals surface area contributed by atoms with Gasteiger partial charge in [-0.2, -0.15) is 4.99 Å². The number of nitrogens with zero attached hydrogens (tertiary/aromatic N) is 1. The molecule has 19 heavy (non-hydrogen) atoms. The second-order valence-corrected chi connectivity index (χ2v) is 4.34. The van der Waals surface area contributed by atoms with Crippen LogP contribution in [0.15, 0.2) is 17.1 Å². The van der Waals surface area contributed by atoms with E-state index in [0.29, 0.717) is 18.4 Å². The van der Waals surface area contributed by atoms with Crippen molar-refractivity contribution in [1.29, 1.82) is 0 Å². The maximum Gasteiger partial charge on any atom is 0.267 e. The molecule has 0 saturated heterocycles. The van der Waals surface area contributed by atoms with Crippen LogP contribution in [0.4, 0.5) is 8.78 Å². The van der Waals surface area contributed by atoms with E-state index < -0.39 is 12.0 Å². The summed E-state index contributed by atoms with van der Waals surface area (Å²) in [7, 11) is 2.68. The molecule has 1 aromatic rings. The summed E-state index contributed by atoms with van der Waals surface area (Å²) in [5.74, 6) is 0.217. The van der Waals surface area contributed by atoms with Gasteiger partial charge < -0.3 is 9.47 Å². The Hall–Kier alpha value is -1.94. The van der Waals surface area contributed by atoms with Crippen LogP contribution in [-0.4, -0.2) is 20.3 Å². The highest BCUT2D eigenvalue weighted by molar-refractivity contribution is 5.53. The second-order valence-electron chi connectivity index (χ2n) is 4.34. The molecule has 4 nitrogen and oxygen atoms in total. The lowest BCUT2D eigenvalue weighted by molar-refractivity contribution is 0.146. The summed E-state index contributed by atoms with van der Waals surface area (Å²) in [6, 6.07) is 2.90. The summed E-state index contributed by atoms with van der Waals surface area (Å²) in [5, 5.41) is 0. The molecular formula is C13H13F2NO3. The molecule has 0 aromatic heterocycles. The highest BCUT2D eigenvalue weighted by Crippen LogP contribution is 2.52. The summed E-state index contributed by atoms with van der Waals surface area (Å²) < 4.78 is 36.2. The minimum atomic E-state index is -2.69. The standard InChI is InChI=1S/C13H13F2NO3/c1-18-10-6-8(13(3-4-13)16-7-17)5-9(12(14)15)11(10)19-2/h5-6,12H,3-4H2,1-2H3. The predicted octanol–water partition coefficient (Wildman–Crippen LogP) is 2.97. The van der Waals surface area contributed by atoms with Crippen molar-refractivity contribution in [2.24, 2.45) is 4.99 Å². The first kappa shape index (κ1) is 13.5. The molecule has 1 saturated carbocycles. The van der Waals surface area contributed by atoms with Crippen LogP contribution < -0.4 is 9.47 Å². The molecule has 0 N–H and O–H groups in total. The maximum atomic E-state index is 13.1. The van der Waals surface area contributed by atoms with E-state index in [1.807, 2.05) is 0 Å². The van der Waals surface area contributed by atoms with E-state index in [0.717, 1.165) is 0 Å². The minimum Gasteiger partial charge on any atom is -0.493 e. The van der Waals surface area contributed by atoms with Gasteiger partial charge in [0, 0.05) is 0 Å². The molecule has 0 bridgehead atoms. The van der Waals surface area contributed by atoms with Gasteiger partial charge in [-0.05, 0) is 30.5 Å². The lowest BCUT2D eigenvalue weighted by atomic mass is 10.0. The lowest BCUT2D eigenvalue weighted by Crippen LogP contribution is -2.06. The van der Waals surface area contributed by atoms with E-state index in [2.05, 4.69) is 4.99 Å². The van der Waals surface area contributed by atoms with Gasteiger partial charge in [0.1, 0.15) is 0 Å². The highest BCUT2D eigenvalue weighted by atomic mass is 19.3. The molecule has 0 aliphatic heterocycles. The zero-order valence-electron chi connectivity index (χ0n) is 10.6. The van der Waals surface area contributed by atoms with E-state index >= 15 is 0 Å². The molecule has 102 valence electrons. The average molecular weight is 269 g/mol. The largest absolute Gasteiger partial charge is 0.493 e. The summed E-state index contributed by atoms with van der Waals surface area (Å²) in [5.41, 5.74) is -0.446. The Morgan fingerprint density at radius 1 is 1.32 bits per heavy atom. The van der Waals surface area contributed by atoms with Gasteiger partial charge in [-0.15, -0.1) is 0 Å². The fraction of sp³-hybridized carbons (Fsp3) is 0.462. The Morgan fingerprint density at radius 3 is 2.42 bits per heavy atom. The molecule has 1 aliphatic rings. The van der Waals surface area contributed by atoms with Crippen molar-refractivity contribution in [2.45, 2.75) is 24.8 Å². The van der Waals surface area contributed by atoms with Crippen LogP contribution in [0.25, 0.3) is 0 Å². The monoisotopic (exact) mass is 269 g/mol. The average Bonchev–Trinajstić information content (AvgIpc) is 3.18. The quantitative estimate of drug-likeness (QED) is 0.610. The van der Waals surface area contributed by atoms with Crippen LogP contribution in [0, 0.1) is 0 Å². The van der Waals surface area contributed by atoms with Crippen molar-refractivity contribution in [1.82, 2.24) is 0 Å². The minimum absolute atomic E-state index is 0.00660. The number of methoxy groups -OCH3 is 2. The first-order chi connectivity index (χ1) is 9.07. The molecule has 2 rings (SSSR count). The van der Waals surface area contributed by atoms with Crippen molar-refractivity contribution >= 4 is 6.08 Å². The van der Waals surface area contributed by atoms with Crippen molar-refractivity contribution in [2.75, 3.05) is 14.2 Å². The van der Waals surface area contributed by atoms with Gasteiger partial charge in [0.05, 0.1) is 25.3 Å². The normalized spacial score (nSPS) is 15.8. The zero-order valence-corrected chi connectivity index (χ0v) is 10.6. The fourth-order valence-corrected chi connectivity index (χ4v) is 2.10. The topological polar surface area (TPSA) is 47.9 Å². The molecule has 0 radical (unpaired) electrons. The fourth-order valence-electron chi connectivity index (χ4n) is 2.10.